The maximum Gasteiger partial charge on any atom is 0.265 e. The van der Waals surface area contributed by atoms with Crippen molar-refractivity contribution in [1.82, 2.24) is 4.98 Å². The lowest BCUT2D eigenvalue weighted by Gasteiger charge is -2.19. The van der Waals surface area contributed by atoms with E-state index in [9.17, 15) is 10.1 Å². The zero-order chi connectivity index (χ0) is 25.8. The third-order valence-corrected chi connectivity index (χ3v) is 6.44. The molecule has 0 fully saturated rings. The van der Waals surface area contributed by atoms with Crippen LogP contribution in [0.3, 0.4) is 0 Å². The summed E-state index contributed by atoms with van der Waals surface area (Å²) < 4.78 is 6.00. The van der Waals surface area contributed by atoms with Gasteiger partial charge in [0.05, 0.1) is 11.3 Å². The highest BCUT2D eigenvalue weighted by Crippen LogP contribution is 2.38. The van der Waals surface area contributed by atoms with Gasteiger partial charge in [-0.25, -0.2) is 0 Å². The number of H-pyrrole nitrogens is 1. The van der Waals surface area contributed by atoms with Gasteiger partial charge in [-0.15, -0.1) is 0 Å². The first kappa shape index (κ1) is 25.4. The third-order valence-electron chi connectivity index (χ3n) is 5.90. The molecule has 3 aromatic carbocycles. The lowest BCUT2D eigenvalue weighted by atomic mass is 10.0. The topological polar surface area (TPSA) is 77.9 Å². The molecule has 0 aliphatic heterocycles. The molecule has 4 aromatic rings. The number of ether oxygens (including phenoxy) is 1. The zero-order valence-corrected chi connectivity index (χ0v) is 21.7. The van der Waals surface area contributed by atoms with Crippen LogP contribution >= 0.6 is 23.2 Å². The molecule has 1 amide bonds. The van der Waals surface area contributed by atoms with Gasteiger partial charge in [0, 0.05) is 16.3 Å². The van der Waals surface area contributed by atoms with Crippen LogP contribution in [0.1, 0.15) is 30.0 Å². The largest absolute Gasteiger partial charge is 0.480 e. The van der Waals surface area contributed by atoms with Crippen LogP contribution in [0.25, 0.3) is 22.4 Å². The number of nitrogens with zero attached hydrogens (tertiary/aromatic N) is 1. The van der Waals surface area contributed by atoms with Gasteiger partial charge < -0.3 is 15.0 Å². The van der Waals surface area contributed by atoms with Gasteiger partial charge in [0.25, 0.3) is 5.91 Å². The number of carbonyl (C=O) groups excluding carboxylic acids is 1. The molecule has 5 nitrogen and oxygen atoms in total. The van der Waals surface area contributed by atoms with Gasteiger partial charge in [0.2, 0.25) is 0 Å². The van der Waals surface area contributed by atoms with Crippen molar-refractivity contribution in [2.24, 2.45) is 0 Å². The number of carbonyl (C=O) groups is 1. The summed E-state index contributed by atoms with van der Waals surface area (Å²) in [5, 5.41) is 13.8. The molecule has 2 N–H and O–H groups in total. The number of nitriles is 1. The molecule has 0 saturated carbocycles. The first-order chi connectivity index (χ1) is 17.3. The fraction of sp³-hybridized carbons (Fsp3) is 0.172. The lowest BCUT2D eigenvalue weighted by molar-refractivity contribution is -0.122. The highest BCUT2D eigenvalue weighted by Gasteiger charge is 2.21. The SMILES string of the molecule is CCC(Oc1ccc(C)cc1C)C(=O)Nc1ccc(-c2[nH]c(Cl)c(-c3ccc(Cl)cc3)c2C#N)cc1. The van der Waals surface area contributed by atoms with Crippen LogP contribution in [0.5, 0.6) is 5.75 Å². The molecular weight excluding hydrogens is 493 g/mol. The molecule has 1 atom stereocenters. The highest BCUT2D eigenvalue weighted by atomic mass is 35.5. The molecule has 0 radical (unpaired) electrons. The van der Waals surface area contributed by atoms with Crippen LogP contribution < -0.4 is 10.1 Å². The van der Waals surface area contributed by atoms with Gasteiger partial charge in [-0.05, 0) is 67.3 Å². The van der Waals surface area contributed by atoms with Gasteiger partial charge >= 0.3 is 0 Å². The number of rotatable bonds is 7. The molecule has 4 rings (SSSR count). The standard InChI is InChI=1S/C29H25Cl2N3O2/c1-4-24(36-25-14-5-17(2)15-18(25)3)29(35)33-22-12-8-20(9-13-22)27-23(16-32)26(28(31)34-27)19-6-10-21(30)11-7-19/h5-15,24,34H,4H2,1-3H3,(H,33,35). The summed E-state index contributed by atoms with van der Waals surface area (Å²) in [6.45, 7) is 5.89. The molecular formula is C29H25Cl2N3O2. The lowest BCUT2D eigenvalue weighted by Crippen LogP contribution is -2.32. The zero-order valence-electron chi connectivity index (χ0n) is 20.2. The predicted octanol–water partition coefficient (Wildman–Crippen LogP) is 7.94. The Bertz CT molecular complexity index is 1440. The van der Waals surface area contributed by atoms with Crippen molar-refractivity contribution < 1.29 is 9.53 Å². The second-order valence-corrected chi connectivity index (χ2v) is 9.35. The molecule has 0 saturated heterocycles. The third kappa shape index (κ3) is 5.41. The Morgan fingerprint density at radius 1 is 1.03 bits per heavy atom. The van der Waals surface area contributed by atoms with Crippen LogP contribution in [-0.2, 0) is 4.79 Å². The van der Waals surface area contributed by atoms with Crippen LogP contribution in [0, 0.1) is 25.2 Å². The fourth-order valence-electron chi connectivity index (χ4n) is 4.04. The number of nitrogens with one attached hydrogen (secondary N) is 2. The Labute approximate surface area is 220 Å². The summed E-state index contributed by atoms with van der Waals surface area (Å²) in [6.07, 6.45) is -0.0996. The minimum absolute atomic E-state index is 0.226. The van der Waals surface area contributed by atoms with E-state index in [1.807, 2.05) is 63.2 Å². The van der Waals surface area contributed by atoms with Crippen molar-refractivity contribution in [3.63, 3.8) is 0 Å². The fourth-order valence-corrected chi connectivity index (χ4v) is 4.46. The summed E-state index contributed by atoms with van der Waals surface area (Å²) in [6, 6.07) is 22.5. The number of halogens is 2. The average Bonchev–Trinajstić information content (AvgIpc) is 3.20. The number of hydrogen-bond acceptors (Lipinski definition) is 3. The van der Waals surface area contributed by atoms with Gasteiger partial charge in [0.1, 0.15) is 17.0 Å². The summed E-state index contributed by atoms with van der Waals surface area (Å²) in [5.41, 5.74) is 5.98. The van der Waals surface area contributed by atoms with Crippen molar-refractivity contribution in [2.75, 3.05) is 5.32 Å². The van der Waals surface area contributed by atoms with E-state index in [-0.39, 0.29) is 5.91 Å². The molecule has 1 unspecified atom stereocenters. The average molecular weight is 518 g/mol. The summed E-state index contributed by atoms with van der Waals surface area (Å²) in [4.78, 5) is 16.0. The number of aryl methyl sites for hydroxylation is 2. The smallest absolute Gasteiger partial charge is 0.265 e. The van der Waals surface area contributed by atoms with E-state index in [1.165, 1.54) is 0 Å². The van der Waals surface area contributed by atoms with E-state index < -0.39 is 6.10 Å². The Kier molecular flexibility index (Phi) is 7.69. The van der Waals surface area contributed by atoms with Crippen LogP contribution in [0.4, 0.5) is 5.69 Å². The van der Waals surface area contributed by atoms with E-state index in [1.54, 1.807) is 24.3 Å². The molecule has 182 valence electrons. The first-order valence-electron chi connectivity index (χ1n) is 11.5. The maximum atomic E-state index is 12.9. The van der Waals surface area contributed by atoms with Gasteiger partial charge in [-0.1, -0.05) is 72.1 Å². The maximum absolute atomic E-state index is 12.9. The molecule has 0 aliphatic carbocycles. The Morgan fingerprint density at radius 2 is 1.69 bits per heavy atom. The van der Waals surface area contributed by atoms with Gasteiger partial charge in [0.15, 0.2) is 6.10 Å². The number of hydrogen-bond donors (Lipinski definition) is 2. The number of aromatic nitrogens is 1. The second-order valence-electron chi connectivity index (χ2n) is 8.53. The highest BCUT2D eigenvalue weighted by molar-refractivity contribution is 6.33. The molecule has 1 aromatic heterocycles. The molecule has 36 heavy (non-hydrogen) atoms. The Hall–Kier alpha value is -3.72. The van der Waals surface area contributed by atoms with Crippen LogP contribution in [0.2, 0.25) is 10.2 Å². The van der Waals surface area contributed by atoms with Gasteiger partial charge in [-0.3, -0.25) is 4.79 Å². The summed E-state index contributed by atoms with van der Waals surface area (Å²) in [5.74, 6) is 0.470. The number of anilines is 1. The first-order valence-corrected chi connectivity index (χ1v) is 12.3. The molecule has 0 aliphatic rings. The quantitative estimate of drug-likeness (QED) is 0.261. The van der Waals surface area contributed by atoms with E-state index in [2.05, 4.69) is 16.4 Å². The Morgan fingerprint density at radius 3 is 2.31 bits per heavy atom. The number of amides is 1. The van der Waals surface area contributed by atoms with Gasteiger partial charge in [-0.2, -0.15) is 5.26 Å². The Balaban J connectivity index is 1.53. The van der Waals surface area contributed by atoms with Crippen LogP contribution in [0.15, 0.2) is 66.7 Å². The van der Waals surface area contributed by atoms with E-state index >= 15 is 0 Å². The normalized spacial score (nSPS) is 11.6. The van der Waals surface area contributed by atoms with E-state index in [4.69, 9.17) is 27.9 Å². The van der Waals surface area contributed by atoms with Crippen molar-refractivity contribution in [3.8, 4) is 34.2 Å². The molecule has 1 heterocycles. The predicted molar refractivity (Wildman–Crippen MR) is 146 cm³/mol. The molecule has 0 spiro atoms. The van der Waals surface area contributed by atoms with E-state index in [0.717, 1.165) is 22.3 Å². The number of benzene rings is 3. The van der Waals surface area contributed by atoms with Crippen molar-refractivity contribution in [2.45, 2.75) is 33.3 Å². The summed E-state index contributed by atoms with van der Waals surface area (Å²) in [7, 11) is 0. The number of aromatic amines is 1. The molecule has 7 heteroatoms. The molecule has 0 bridgehead atoms. The second kappa shape index (κ2) is 10.9. The minimum Gasteiger partial charge on any atom is -0.480 e. The minimum atomic E-state index is -0.625. The van der Waals surface area contributed by atoms with Crippen molar-refractivity contribution in [3.05, 3.63) is 93.6 Å². The van der Waals surface area contributed by atoms with Crippen LogP contribution in [-0.4, -0.2) is 17.0 Å². The van der Waals surface area contributed by atoms with Crippen molar-refractivity contribution >= 4 is 34.8 Å². The monoisotopic (exact) mass is 517 g/mol. The summed E-state index contributed by atoms with van der Waals surface area (Å²) >= 11 is 12.5. The van der Waals surface area contributed by atoms with Crippen molar-refractivity contribution in [1.29, 1.82) is 5.26 Å². The van der Waals surface area contributed by atoms with E-state index in [0.29, 0.717) is 44.9 Å².